The average Bonchev–Trinajstić information content (AvgIpc) is 2.91. The molecule has 3 N–H and O–H groups in total. The second-order valence-electron chi connectivity index (χ2n) is 5.55. The van der Waals surface area contributed by atoms with E-state index >= 15 is 0 Å². The van der Waals surface area contributed by atoms with E-state index in [1.54, 1.807) is 12.4 Å². The summed E-state index contributed by atoms with van der Waals surface area (Å²) in [5.41, 5.74) is 7.71. The van der Waals surface area contributed by atoms with Gasteiger partial charge in [-0.05, 0) is 19.9 Å². The Morgan fingerprint density at radius 1 is 1.39 bits per heavy atom. The number of ether oxygens (including phenoxy) is 1. The molecule has 0 saturated carbocycles. The molecule has 4 heterocycles. The van der Waals surface area contributed by atoms with E-state index in [0.717, 1.165) is 28.2 Å². The highest BCUT2D eigenvalue weighted by Gasteiger charge is 2.28. The summed E-state index contributed by atoms with van der Waals surface area (Å²) < 4.78 is 5.85. The Morgan fingerprint density at radius 2 is 2.26 bits per heavy atom. The van der Waals surface area contributed by atoms with Gasteiger partial charge < -0.3 is 15.4 Å². The largest absolute Gasteiger partial charge is 0.491 e. The second kappa shape index (κ2) is 5.08. The second-order valence-corrected chi connectivity index (χ2v) is 5.55. The molecule has 0 radical (unpaired) electrons. The van der Waals surface area contributed by atoms with E-state index in [0.29, 0.717) is 24.8 Å². The topological polar surface area (TPSA) is 106 Å². The van der Waals surface area contributed by atoms with Crippen molar-refractivity contribution in [1.29, 1.82) is 0 Å². The van der Waals surface area contributed by atoms with Crippen LogP contribution in [0.3, 0.4) is 0 Å². The van der Waals surface area contributed by atoms with Gasteiger partial charge in [0.25, 0.3) is 0 Å². The van der Waals surface area contributed by atoms with Gasteiger partial charge in [0.2, 0.25) is 0 Å². The molecule has 8 nitrogen and oxygen atoms in total. The average molecular weight is 311 g/mol. The Bertz CT molecular complexity index is 875. The summed E-state index contributed by atoms with van der Waals surface area (Å²) in [7, 11) is 0. The van der Waals surface area contributed by atoms with Crippen molar-refractivity contribution in [2.45, 2.75) is 19.9 Å². The third kappa shape index (κ3) is 2.14. The highest BCUT2D eigenvalue weighted by molar-refractivity contribution is 5.86. The number of aromatic nitrogens is 5. The van der Waals surface area contributed by atoms with Gasteiger partial charge >= 0.3 is 0 Å². The lowest BCUT2D eigenvalue weighted by Crippen LogP contribution is -2.30. The van der Waals surface area contributed by atoms with E-state index in [-0.39, 0.29) is 6.04 Å². The molecule has 1 aliphatic rings. The minimum atomic E-state index is -0.0198. The van der Waals surface area contributed by atoms with Gasteiger partial charge in [-0.25, -0.2) is 15.0 Å². The number of nitrogen functional groups attached to an aromatic ring is 1. The van der Waals surface area contributed by atoms with Crippen molar-refractivity contribution in [3.05, 3.63) is 29.8 Å². The fraction of sp³-hybridized carbons (Fsp3) is 0.333. The number of nitrogens with one attached hydrogen (secondary N) is 1. The van der Waals surface area contributed by atoms with Crippen molar-refractivity contribution in [2.24, 2.45) is 0 Å². The zero-order valence-electron chi connectivity index (χ0n) is 12.9. The number of anilines is 2. The lowest BCUT2D eigenvalue weighted by atomic mass is 10.1. The normalized spacial score (nSPS) is 17.7. The van der Waals surface area contributed by atoms with Crippen molar-refractivity contribution in [3.63, 3.8) is 0 Å². The van der Waals surface area contributed by atoms with Crippen LogP contribution in [0.2, 0.25) is 0 Å². The van der Waals surface area contributed by atoms with Crippen molar-refractivity contribution in [3.8, 4) is 5.75 Å². The van der Waals surface area contributed by atoms with E-state index in [9.17, 15) is 0 Å². The number of rotatable bonds is 1. The first-order valence-electron chi connectivity index (χ1n) is 7.46. The predicted molar refractivity (Wildman–Crippen MR) is 86.3 cm³/mol. The SMILES string of the molecule is Cc1nc(N2CCOc3ccnc(N)c3C2C)c2cn[nH]c2n1. The van der Waals surface area contributed by atoms with E-state index in [1.807, 2.05) is 13.0 Å². The molecular weight excluding hydrogens is 294 g/mol. The van der Waals surface area contributed by atoms with Gasteiger partial charge in [0.05, 0.1) is 29.7 Å². The summed E-state index contributed by atoms with van der Waals surface area (Å²) in [6.45, 7) is 5.18. The van der Waals surface area contributed by atoms with Crippen LogP contribution in [0, 0.1) is 6.92 Å². The van der Waals surface area contributed by atoms with E-state index in [2.05, 4.69) is 37.0 Å². The third-order valence-corrected chi connectivity index (χ3v) is 4.13. The van der Waals surface area contributed by atoms with Crippen molar-refractivity contribution in [1.82, 2.24) is 25.1 Å². The number of hydrogen-bond acceptors (Lipinski definition) is 7. The standard InChI is InChI=1S/C15H17N7O/c1-8-12-11(3-4-17-13(12)16)23-6-5-22(8)15-10-7-18-21-14(10)19-9(2)20-15/h3-4,7-8H,5-6H2,1-2H3,(H2,16,17)(H,18,19,20,21). The van der Waals surface area contributed by atoms with Gasteiger partial charge in [-0.1, -0.05) is 0 Å². The molecule has 0 amide bonds. The number of hydrogen-bond donors (Lipinski definition) is 2. The minimum Gasteiger partial charge on any atom is -0.491 e. The maximum atomic E-state index is 6.10. The molecule has 1 atom stereocenters. The van der Waals surface area contributed by atoms with Crippen molar-refractivity contribution >= 4 is 22.7 Å². The quantitative estimate of drug-likeness (QED) is 0.703. The Balaban J connectivity index is 1.88. The first-order chi connectivity index (χ1) is 11.1. The molecule has 0 bridgehead atoms. The van der Waals surface area contributed by atoms with Crippen LogP contribution in [0.1, 0.15) is 24.4 Å². The van der Waals surface area contributed by atoms with Crippen LogP contribution in [0.15, 0.2) is 18.5 Å². The maximum absolute atomic E-state index is 6.10. The lowest BCUT2D eigenvalue weighted by molar-refractivity contribution is 0.331. The monoisotopic (exact) mass is 311 g/mol. The summed E-state index contributed by atoms with van der Waals surface area (Å²) in [5, 5.41) is 7.87. The number of nitrogens with zero attached hydrogens (tertiary/aromatic N) is 5. The van der Waals surface area contributed by atoms with Crippen molar-refractivity contribution < 1.29 is 4.74 Å². The fourth-order valence-corrected chi connectivity index (χ4v) is 3.06. The van der Waals surface area contributed by atoms with Gasteiger partial charge in [0.1, 0.15) is 29.8 Å². The van der Waals surface area contributed by atoms with Crippen LogP contribution in [0.25, 0.3) is 11.0 Å². The summed E-state index contributed by atoms with van der Waals surface area (Å²) in [4.78, 5) is 15.4. The van der Waals surface area contributed by atoms with E-state index in [1.165, 1.54) is 0 Å². The van der Waals surface area contributed by atoms with Crippen LogP contribution in [0.4, 0.5) is 11.6 Å². The highest BCUT2D eigenvalue weighted by atomic mass is 16.5. The molecule has 0 aromatic carbocycles. The number of H-pyrrole nitrogens is 1. The van der Waals surface area contributed by atoms with E-state index in [4.69, 9.17) is 10.5 Å². The number of fused-ring (bicyclic) bond motifs is 2. The highest BCUT2D eigenvalue weighted by Crippen LogP contribution is 2.38. The molecule has 4 rings (SSSR count). The van der Waals surface area contributed by atoms with E-state index < -0.39 is 0 Å². The predicted octanol–water partition coefficient (Wildman–Crippen LogP) is 1.60. The molecular formula is C15H17N7O. The molecule has 8 heteroatoms. The van der Waals surface area contributed by atoms with Crippen molar-refractivity contribution in [2.75, 3.05) is 23.8 Å². The molecule has 3 aromatic heterocycles. The summed E-state index contributed by atoms with van der Waals surface area (Å²) in [5.74, 6) is 2.78. The Kier molecular flexibility index (Phi) is 3.03. The number of aryl methyl sites for hydroxylation is 1. The molecule has 0 saturated heterocycles. The van der Waals surface area contributed by atoms with Gasteiger partial charge in [-0.2, -0.15) is 5.10 Å². The van der Waals surface area contributed by atoms with Crippen LogP contribution in [-0.4, -0.2) is 38.3 Å². The van der Waals surface area contributed by atoms with Gasteiger partial charge in [0, 0.05) is 6.20 Å². The third-order valence-electron chi connectivity index (χ3n) is 4.13. The molecule has 0 fully saturated rings. The van der Waals surface area contributed by atoms with Crippen LogP contribution in [0.5, 0.6) is 5.75 Å². The number of aromatic amines is 1. The first-order valence-corrected chi connectivity index (χ1v) is 7.46. The van der Waals surface area contributed by atoms with Crippen LogP contribution in [-0.2, 0) is 0 Å². The van der Waals surface area contributed by atoms with Crippen LogP contribution < -0.4 is 15.4 Å². The Morgan fingerprint density at radius 3 is 3.13 bits per heavy atom. The smallest absolute Gasteiger partial charge is 0.161 e. The lowest BCUT2D eigenvalue weighted by Gasteiger charge is -2.29. The van der Waals surface area contributed by atoms with Crippen LogP contribution >= 0.6 is 0 Å². The summed E-state index contributed by atoms with van der Waals surface area (Å²) in [6.07, 6.45) is 3.41. The van der Waals surface area contributed by atoms with Gasteiger partial charge in [-0.15, -0.1) is 0 Å². The zero-order chi connectivity index (χ0) is 16.0. The number of nitrogens with two attached hydrogens (primary N) is 1. The Hall–Kier alpha value is -2.90. The number of pyridine rings is 1. The summed E-state index contributed by atoms with van der Waals surface area (Å²) in [6, 6.07) is 1.83. The minimum absolute atomic E-state index is 0.0198. The zero-order valence-corrected chi connectivity index (χ0v) is 12.9. The molecule has 0 spiro atoms. The maximum Gasteiger partial charge on any atom is 0.161 e. The van der Waals surface area contributed by atoms with Gasteiger partial charge in [0.15, 0.2) is 5.65 Å². The molecule has 0 aliphatic carbocycles. The molecule has 1 unspecified atom stereocenters. The molecule has 1 aliphatic heterocycles. The molecule has 118 valence electrons. The molecule has 3 aromatic rings. The summed E-state index contributed by atoms with van der Waals surface area (Å²) >= 11 is 0. The van der Waals surface area contributed by atoms with Gasteiger partial charge in [-0.3, -0.25) is 5.10 Å². The Labute approximate surface area is 132 Å². The first kappa shape index (κ1) is 13.7. The molecule has 23 heavy (non-hydrogen) atoms. The fourth-order valence-electron chi connectivity index (χ4n) is 3.06.